The van der Waals surface area contributed by atoms with Crippen molar-refractivity contribution in [3.8, 4) is 0 Å². The number of nitrogens with zero attached hydrogens (tertiary/aromatic N) is 2. The second-order valence-corrected chi connectivity index (χ2v) is 9.91. The fraction of sp³-hybridized carbons (Fsp3) is 0.276. The number of carboxylic acids is 1. The number of halogens is 4. The Morgan fingerprint density at radius 3 is 2.25 bits per heavy atom. The summed E-state index contributed by atoms with van der Waals surface area (Å²) in [6, 6.07) is 17.1. The second kappa shape index (κ2) is 9.96. The van der Waals surface area contributed by atoms with Crippen molar-refractivity contribution in [2.75, 3.05) is 5.32 Å². The largest absolute Gasteiger partial charge is 0.481 e. The molecule has 0 bridgehead atoms. The number of carboxylic acid groups (broad SMARTS) is 1. The molecule has 1 fully saturated rings. The summed E-state index contributed by atoms with van der Waals surface area (Å²) in [4.78, 5) is 25.4. The number of carbonyl (C=O) groups excluding carboxylic acids is 1. The van der Waals surface area contributed by atoms with Crippen LogP contribution in [0.3, 0.4) is 0 Å². The van der Waals surface area contributed by atoms with E-state index in [1.807, 2.05) is 0 Å². The summed E-state index contributed by atoms with van der Waals surface area (Å²) in [5.74, 6) is -2.84. The van der Waals surface area contributed by atoms with Gasteiger partial charge >= 0.3 is 18.2 Å². The van der Waals surface area contributed by atoms with E-state index in [0.717, 1.165) is 4.68 Å². The number of rotatable bonds is 7. The zero-order valence-electron chi connectivity index (χ0n) is 21.3. The molecule has 0 saturated heterocycles. The summed E-state index contributed by atoms with van der Waals surface area (Å²) in [6.07, 6.45) is -4.15. The highest BCUT2D eigenvalue weighted by molar-refractivity contribution is 5.86. The second-order valence-electron chi connectivity index (χ2n) is 9.91. The number of aromatic nitrogens is 2. The van der Waals surface area contributed by atoms with E-state index < -0.39 is 58.9 Å². The summed E-state index contributed by atoms with van der Waals surface area (Å²) < 4.78 is 64.2. The molecule has 208 valence electrons. The molecule has 2 aromatic carbocycles. The van der Waals surface area contributed by atoms with Crippen LogP contribution in [0.1, 0.15) is 49.0 Å². The Morgan fingerprint density at radius 1 is 1.07 bits per heavy atom. The zero-order valence-corrected chi connectivity index (χ0v) is 21.3. The predicted octanol–water partition coefficient (Wildman–Crippen LogP) is 7.11. The molecule has 40 heavy (non-hydrogen) atoms. The number of hydrogen-bond donors (Lipinski definition) is 2. The fourth-order valence-corrected chi connectivity index (χ4v) is 5.26. The number of benzene rings is 2. The van der Waals surface area contributed by atoms with E-state index in [4.69, 9.17) is 4.74 Å². The van der Waals surface area contributed by atoms with E-state index >= 15 is 4.39 Å². The van der Waals surface area contributed by atoms with Crippen LogP contribution in [0.2, 0.25) is 0 Å². The molecule has 2 aliphatic rings. The summed E-state index contributed by atoms with van der Waals surface area (Å²) in [5.41, 5.74) is -3.51. The zero-order chi connectivity index (χ0) is 28.7. The van der Waals surface area contributed by atoms with Gasteiger partial charge in [0.25, 0.3) is 0 Å². The van der Waals surface area contributed by atoms with E-state index in [2.05, 4.69) is 10.4 Å². The smallest absolute Gasteiger partial charge is 0.421 e. The first-order valence-electron chi connectivity index (χ1n) is 12.5. The number of hydrogen-bond acceptors (Lipinski definition) is 4. The molecule has 5 rings (SSSR count). The Labute approximate surface area is 226 Å². The van der Waals surface area contributed by atoms with Crippen LogP contribution in [-0.2, 0) is 21.2 Å². The highest BCUT2D eigenvalue weighted by atomic mass is 19.4. The SMILES string of the molecule is CC(OC(=O)Nc1c(C(F)(F)F)cnn1[C@@]1(C2(C(=O)O)CC2)C=CC(c2ccccc2)=C(F)C1)c1ccccc1. The lowest BCUT2D eigenvalue weighted by Gasteiger charge is -2.40. The molecule has 1 amide bonds. The Hall–Kier alpha value is -4.41. The molecule has 0 radical (unpaired) electrons. The molecule has 2 aliphatic carbocycles. The van der Waals surface area contributed by atoms with E-state index in [9.17, 15) is 27.9 Å². The minimum Gasteiger partial charge on any atom is -0.481 e. The van der Waals surface area contributed by atoms with E-state index in [1.54, 1.807) is 67.6 Å². The quantitative estimate of drug-likeness (QED) is 0.303. The van der Waals surface area contributed by atoms with Gasteiger partial charge < -0.3 is 9.84 Å². The molecule has 2 atom stereocenters. The van der Waals surface area contributed by atoms with Crippen molar-refractivity contribution in [3.05, 3.63) is 102 Å². The normalized spacial score (nSPS) is 20.6. The average Bonchev–Trinajstić information content (AvgIpc) is 3.64. The Bertz CT molecular complexity index is 1490. The maximum absolute atomic E-state index is 15.8. The molecule has 1 aromatic heterocycles. The van der Waals surface area contributed by atoms with E-state index in [-0.39, 0.29) is 18.4 Å². The van der Waals surface area contributed by atoms with Crippen LogP contribution < -0.4 is 5.32 Å². The van der Waals surface area contributed by atoms with Crippen molar-refractivity contribution in [3.63, 3.8) is 0 Å². The van der Waals surface area contributed by atoms with Gasteiger partial charge in [-0.3, -0.25) is 10.1 Å². The summed E-state index contributed by atoms with van der Waals surface area (Å²) in [6.45, 7) is 1.55. The summed E-state index contributed by atoms with van der Waals surface area (Å²) in [5, 5.41) is 16.2. The summed E-state index contributed by atoms with van der Waals surface area (Å²) >= 11 is 0. The molecule has 0 aliphatic heterocycles. The van der Waals surface area contributed by atoms with Crippen molar-refractivity contribution < 1.29 is 37.0 Å². The van der Waals surface area contributed by atoms with Gasteiger partial charge in [-0.25, -0.2) is 13.9 Å². The maximum Gasteiger partial charge on any atom is 0.421 e. The molecule has 3 aromatic rings. The Morgan fingerprint density at radius 2 is 1.70 bits per heavy atom. The van der Waals surface area contributed by atoms with Crippen LogP contribution in [0.15, 0.2) is 84.8 Å². The Balaban J connectivity index is 1.58. The van der Waals surface area contributed by atoms with Crippen molar-refractivity contribution in [1.82, 2.24) is 9.78 Å². The standard InChI is InChI=1S/C29H25F4N3O4/c1-18(19-8-4-2-5-9-19)40-26(39)35-24-22(29(31,32)33)17-34-36(24)28(27(14-15-27)25(37)38)13-12-21(23(30)16-28)20-10-6-3-7-11-20/h2-13,17-18H,14-16H2,1H3,(H,35,39)(H,37,38)/t18?,28-/m0/s1. The molecule has 1 unspecified atom stereocenters. The minimum atomic E-state index is -4.96. The lowest BCUT2D eigenvalue weighted by atomic mass is 9.73. The van der Waals surface area contributed by atoms with Crippen molar-refractivity contribution in [2.45, 2.75) is 44.0 Å². The topological polar surface area (TPSA) is 93.5 Å². The van der Waals surface area contributed by atoms with Crippen molar-refractivity contribution in [2.24, 2.45) is 5.41 Å². The van der Waals surface area contributed by atoms with Crippen LogP contribution in [0.5, 0.6) is 0 Å². The number of nitrogens with one attached hydrogen (secondary N) is 1. The number of carbonyl (C=O) groups is 2. The first-order chi connectivity index (χ1) is 19.0. The van der Waals surface area contributed by atoms with E-state index in [0.29, 0.717) is 17.3 Å². The van der Waals surface area contributed by atoms with Gasteiger partial charge in [-0.1, -0.05) is 72.8 Å². The molecular weight excluding hydrogens is 530 g/mol. The summed E-state index contributed by atoms with van der Waals surface area (Å²) in [7, 11) is 0. The van der Waals surface area contributed by atoms with Crippen LogP contribution in [0.4, 0.5) is 28.2 Å². The fourth-order valence-electron chi connectivity index (χ4n) is 5.26. The highest BCUT2D eigenvalue weighted by Crippen LogP contribution is 2.63. The monoisotopic (exact) mass is 555 g/mol. The van der Waals surface area contributed by atoms with Crippen molar-refractivity contribution >= 4 is 23.5 Å². The van der Waals surface area contributed by atoms with Gasteiger partial charge in [-0.2, -0.15) is 18.3 Å². The third-order valence-electron chi connectivity index (χ3n) is 7.54. The highest BCUT2D eigenvalue weighted by Gasteiger charge is 2.67. The number of amides is 1. The van der Waals surface area contributed by atoms with Crippen LogP contribution in [0.25, 0.3) is 5.57 Å². The minimum absolute atomic E-state index is 0.0801. The molecule has 11 heteroatoms. The van der Waals surface area contributed by atoms with Crippen molar-refractivity contribution in [1.29, 1.82) is 0 Å². The Kier molecular flexibility index (Phi) is 6.77. The van der Waals surface area contributed by atoms with Crippen LogP contribution in [-0.4, -0.2) is 26.9 Å². The lowest BCUT2D eigenvalue weighted by molar-refractivity contribution is -0.147. The first-order valence-corrected chi connectivity index (χ1v) is 12.5. The maximum atomic E-state index is 15.8. The number of alkyl halides is 3. The predicted molar refractivity (Wildman–Crippen MR) is 138 cm³/mol. The number of ether oxygens (including phenoxy) is 1. The van der Waals surface area contributed by atoms with Gasteiger partial charge in [0.15, 0.2) is 0 Å². The molecule has 1 heterocycles. The van der Waals surface area contributed by atoms with Gasteiger partial charge in [0.2, 0.25) is 0 Å². The van der Waals surface area contributed by atoms with Gasteiger partial charge in [0, 0.05) is 12.0 Å². The van der Waals surface area contributed by atoms with Crippen LogP contribution in [0, 0.1) is 5.41 Å². The van der Waals surface area contributed by atoms with Gasteiger partial charge in [0.1, 0.15) is 28.9 Å². The van der Waals surface area contributed by atoms with E-state index in [1.165, 1.54) is 12.2 Å². The van der Waals surface area contributed by atoms with Gasteiger partial charge in [-0.15, -0.1) is 0 Å². The van der Waals surface area contributed by atoms with Gasteiger partial charge in [-0.05, 0) is 30.9 Å². The number of aliphatic carboxylic acids is 1. The number of allylic oxidation sites excluding steroid dienone is 4. The van der Waals surface area contributed by atoms with Gasteiger partial charge in [0.05, 0.1) is 11.6 Å². The number of anilines is 1. The molecular formula is C29H25F4N3O4. The lowest BCUT2D eigenvalue weighted by Crippen LogP contribution is -2.48. The third kappa shape index (κ3) is 4.65. The third-order valence-corrected chi connectivity index (χ3v) is 7.54. The first kappa shape index (κ1) is 27.2. The molecule has 1 saturated carbocycles. The molecule has 7 nitrogen and oxygen atoms in total. The molecule has 2 N–H and O–H groups in total. The van der Waals surface area contributed by atoms with Crippen LogP contribution >= 0.6 is 0 Å². The molecule has 0 spiro atoms. The average molecular weight is 556 g/mol.